The summed E-state index contributed by atoms with van der Waals surface area (Å²) in [6.45, 7) is 2.87. The van der Waals surface area contributed by atoms with Gasteiger partial charge in [0.1, 0.15) is 0 Å². The largest absolute Gasteiger partial charge is 0.330 e. The monoisotopic (exact) mass is 150 g/mol. The first-order valence-electron chi connectivity index (χ1n) is 3.93. The summed E-state index contributed by atoms with van der Waals surface area (Å²) in [4.78, 5) is 4.21. The third kappa shape index (κ3) is 2.68. The SMILES string of the molecule is CC(CN)Cc1ccccn1. The highest BCUT2D eigenvalue weighted by molar-refractivity contribution is 5.03. The molecule has 0 saturated carbocycles. The second kappa shape index (κ2) is 4.09. The molecule has 1 aromatic heterocycles. The highest BCUT2D eigenvalue weighted by Gasteiger charge is 2.00. The zero-order valence-corrected chi connectivity index (χ0v) is 6.83. The van der Waals surface area contributed by atoms with Crippen LogP contribution in [0.5, 0.6) is 0 Å². The van der Waals surface area contributed by atoms with Crippen LogP contribution in [0.2, 0.25) is 0 Å². The van der Waals surface area contributed by atoms with Gasteiger partial charge in [0.05, 0.1) is 0 Å². The van der Waals surface area contributed by atoms with Crippen LogP contribution in [0, 0.1) is 5.92 Å². The summed E-state index contributed by atoms with van der Waals surface area (Å²) in [6.07, 6.45) is 2.80. The van der Waals surface area contributed by atoms with Crippen LogP contribution in [0.4, 0.5) is 0 Å². The van der Waals surface area contributed by atoms with E-state index in [4.69, 9.17) is 5.73 Å². The van der Waals surface area contributed by atoms with Crippen molar-refractivity contribution < 1.29 is 0 Å². The van der Waals surface area contributed by atoms with Crippen molar-refractivity contribution in [3.63, 3.8) is 0 Å². The third-order valence-corrected chi connectivity index (χ3v) is 1.69. The van der Waals surface area contributed by atoms with Crippen LogP contribution < -0.4 is 5.73 Å². The Kier molecular flexibility index (Phi) is 3.05. The molecular formula is C9H14N2. The zero-order chi connectivity index (χ0) is 8.10. The van der Waals surface area contributed by atoms with Crippen LogP contribution in [0.3, 0.4) is 0 Å². The first-order valence-corrected chi connectivity index (χ1v) is 3.93. The molecule has 1 rings (SSSR count). The first kappa shape index (κ1) is 8.21. The number of hydrogen-bond acceptors (Lipinski definition) is 2. The Hall–Kier alpha value is -0.890. The average Bonchev–Trinajstić information content (AvgIpc) is 2.06. The van der Waals surface area contributed by atoms with Gasteiger partial charge < -0.3 is 5.73 Å². The summed E-state index contributed by atoms with van der Waals surface area (Å²) < 4.78 is 0. The predicted octanol–water partition coefficient (Wildman–Crippen LogP) is 1.22. The van der Waals surface area contributed by atoms with E-state index in [1.54, 1.807) is 0 Å². The van der Waals surface area contributed by atoms with Gasteiger partial charge in [0, 0.05) is 11.9 Å². The second-order valence-corrected chi connectivity index (χ2v) is 2.87. The zero-order valence-electron chi connectivity index (χ0n) is 6.83. The molecule has 60 valence electrons. The van der Waals surface area contributed by atoms with Gasteiger partial charge in [0.15, 0.2) is 0 Å². The van der Waals surface area contributed by atoms with Gasteiger partial charge in [-0.05, 0) is 31.0 Å². The molecule has 1 atom stereocenters. The van der Waals surface area contributed by atoms with Crippen molar-refractivity contribution in [2.24, 2.45) is 11.7 Å². The molecule has 0 saturated heterocycles. The summed E-state index contributed by atoms with van der Waals surface area (Å²) in [6, 6.07) is 5.97. The van der Waals surface area contributed by atoms with E-state index in [9.17, 15) is 0 Å². The van der Waals surface area contributed by atoms with Crippen molar-refractivity contribution in [2.75, 3.05) is 6.54 Å². The minimum Gasteiger partial charge on any atom is -0.330 e. The number of aromatic nitrogens is 1. The fourth-order valence-electron chi connectivity index (χ4n) is 0.959. The Morgan fingerprint density at radius 3 is 2.91 bits per heavy atom. The van der Waals surface area contributed by atoms with Crippen molar-refractivity contribution in [2.45, 2.75) is 13.3 Å². The van der Waals surface area contributed by atoms with Gasteiger partial charge in [-0.3, -0.25) is 4.98 Å². The predicted molar refractivity (Wildman–Crippen MR) is 46.2 cm³/mol. The van der Waals surface area contributed by atoms with E-state index in [0.717, 1.165) is 18.7 Å². The van der Waals surface area contributed by atoms with E-state index in [1.807, 2.05) is 24.4 Å². The Morgan fingerprint density at radius 2 is 2.36 bits per heavy atom. The molecule has 1 aromatic rings. The fourth-order valence-corrected chi connectivity index (χ4v) is 0.959. The lowest BCUT2D eigenvalue weighted by atomic mass is 10.1. The number of pyridine rings is 1. The molecule has 1 heterocycles. The minimum atomic E-state index is 0.532. The van der Waals surface area contributed by atoms with Gasteiger partial charge >= 0.3 is 0 Å². The first-order chi connectivity index (χ1) is 5.33. The molecule has 0 aliphatic heterocycles. The summed E-state index contributed by atoms with van der Waals surface area (Å²) in [7, 11) is 0. The topological polar surface area (TPSA) is 38.9 Å². The van der Waals surface area contributed by atoms with Gasteiger partial charge in [0.2, 0.25) is 0 Å². The lowest BCUT2D eigenvalue weighted by Gasteiger charge is -2.05. The van der Waals surface area contributed by atoms with Gasteiger partial charge in [0.25, 0.3) is 0 Å². The lowest BCUT2D eigenvalue weighted by Crippen LogP contribution is -2.13. The van der Waals surface area contributed by atoms with Crippen LogP contribution in [0.25, 0.3) is 0 Å². The van der Waals surface area contributed by atoms with Crippen LogP contribution in [0.15, 0.2) is 24.4 Å². The molecule has 0 bridgehead atoms. The molecule has 0 amide bonds. The van der Waals surface area contributed by atoms with Crippen molar-refractivity contribution >= 4 is 0 Å². The average molecular weight is 150 g/mol. The maximum absolute atomic E-state index is 5.49. The standard InChI is InChI=1S/C9H14N2/c1-8(7-10)6-9-4-2-3-5-11-9/h2-5,8H,6-7,10H2,1H3. The van der Waals surface area contributed by atoms with E-state index < -0.39 is 0 Å². The Labute approximate surface area is 67.5 Å². The molecule has 0 radical (unpaired) electrons. The van der Waals surface area contributed by atoms with Crippen molar-refractivity contribution in [1.82, 2.24) is 4.98 Å². The van der Waals surface area contributed by atoms with Crippen LogP contribution in [-0.4, -0.2) is 11.5 Å². The van der Waals surface area contributed by atoms with Gasteiger partial charge in [-0.2, -0.15) is 0 Å². The Balaban J connectivity index is 2.51. The van der Waals surface area contributed by atoms with Crippen molar-refractivity contribution in [1.29, 1.82) is 0 Å². The van der Waals surface area contributed by atoms with E-state index >= 15 is 0 Å². The molecule has 0 fully saturated rings. The van der Waals surface area contributed by atoms with E-state index in [2.05, 4.69) is 11.9 Å². The smallest absolute Gasteiger partial charge is 0.0406 e. The molecule has 2 N–H and O–H groups in total. The lowest BCUT2D eigenvalue weighted by molar-refractivity contribution is 0.584. The Bertz CT molecular complexity index is 196. The third-order valence-electron chi connectivity index (χ3n) is 1.69. The molecule has 2 heteroatoms. The van der Waals surface area contributed by atoms with Gasteiger partial charge in [-0.1, -0.05) is 13.0 Å². The molecule has 0 aliphatic carbocycles. The van der Waals surface area contributed by atoms with Gasteiger partial charge in [-0.25, -0.2) is 0 Å². The maximum Gasteiger partial charge on any atom is 0.0406 e. The normalized spacial score (nSPS) is 12.9. The number of nitrogens with two attached hydrogens (primary N) is 1. The fraction of sp³-hybridized carbons (Fsp3) is 0.444. The van der Waals surface area contributed by atoms with Crippen LogP contribution >= 0.6 is 0 Å². The quantitative estimate of drug-likeness (QED) is 0.703. The van der Waals surface area contributed by atoms with Crippen LogP contribution in [-0.2, 0) is 6.42 Å². The molecular weight excluding hydrogens is 136 g/mol. The second-order valence-electron chi connectivity index (χ2n) is 2.87. The highest BCUT2D eigenvalue weighted by atomic mass is 14.7. The molecule has 1 unspecified atom stereocenters. The minimum absolute atomic E-state index is 0.532. The number of nitrogens with zero attached hydrogens (tertiary/aromatic N) is 1. The van der Waals surface area contributed by atoms with Crippen molar-refractivity contribution in [3.8, 4) is 0 Å². The molecule has 0 aromatic carbocycles. The molecule has 11 heavy (non-hydrogen) atoms. The summed E-state index contributed by atoms with van der Waals surface area (Å²) in [5, 5.41) is 0. The summed E-state index contributed by atoms with van der Waals surface area (Å²) in [5.41, 5.74) is 6.62. The molecule has 0 aliphatic rings. The van der Waals surface area contributed by atoms with E-state index in [-0.39, 0.29) is 0 Å². The van der Waals surface area contributed by atoms with Crippen LogP contribution in [0.1, 0.15) is 12.6 Å². The molecule has 2 nitrogen and oxygen atoms in total. The summed E-state index contributed by atoms with van der Waals surface area (Å²) in [5.74, 6) is 0.532. The van der Waals surface area contributed by atoms with E-state index in [1.165, 1.54) is 0 Å². The summed E-state index contributed by atoms with van der Waals surface area (Å²) >= 11 is 0. The number of hydrogen-bond donors (Lipinski definition) is 1. The van der Waals surface area contributed by atoms with E-state index in [0.29, 0.717) is 5.92 Å². The highest BCUT2D eigenvalue weighted by Crippen LogP contribution is 2.02. The molecule has 0 spiro atoms. The van der Waals surface area contributed by atoms with Gasteiger partial charge in [-0.15, -0.1) is 0 Å². The Morgan fingerprint density at radius 1 is 1.55 bits per heavy atom. The maximum atomic E-state index is 5.49. The number of rotatable bonds is 3. The van der Waals surface area contributed by atoms with Crippen molar-refractivity contribution in [3.05, 3.63) is 30.1 Å².